The van der Waals surface area contributed by atoms with Crippen molar-refractivity contribution in [3.63, 3.8) is 0 Å². The Hall–Kier alpha value is -2.88. The first-order valence-electron chi connectivity index (χ1n) is 8.93. The van der Waals surface area contributed by atoms with E-state index in [1.54, 1.807) is 42.9 Å². The van der Waals surface area contributed by atoms with Gasteiger partial charge in [0.25, 0.3) is 11.5 Å². The van der Waals surface area contributed by atoms with E-state index in [1.165, 1.54) is 37.0 Å². The van der Waals surface area contributed by atoms with E-state index in [4.69, 9.17) is 11.6 Å². The Morgan fingerprint density at radius 2 is 1.73 bits per heavy atom. The van der Waals surface area contributed by atoms with Gasteiger partial charge in [-0.1, -0.05) is 29.8 Å². The maximum Gasteiger partial charge on any atom is 0.295 e. The lowest BCUT2D eigenvalue weighted by atomic mass is 10.2. The Kier molecular flexibility index (Phi) is 5.89. The van der Waals surface area contributed by atoms with E-state index in [1.807, 2.05) is 6.07 Å². The van der Waals surface area contributed by atoms with Gasteiger partial charge in [-0.25, -0.2) is 17.4 Å². The van der Waals surface area contributed by atoms with Crippen LogP contribution in [0.25, 0.3) is 5.69 Å². The van der Waals surface area contributed by atoms with Crippen molar-refractivity contribution < 1.29 is 13.2 Å². The largest absolute Gasteiger partial charge is 0.316 e. The summed E-state index contributed by atoms with van der Waals surface area (Å²) in [5, 5.41) is 2.66. The van der Waals surface area contributed by atoms with Gasteiger partial charge in [0.2, 0.25) is 10.0 Å². The average Bonchev–Trinajstić information content (AvgIpc) is 2.91. The molecule has 0 aliphatic rings. The second-order valence-corrected chi connectivity index (χ2v) is 9.38. The molecule has 3 aromatic rings. The fourth-order valence-corrected chi connectivity index (χ4v) is 4.07. The summed E-state index contributed by atoms with van der Waals surface area (Å²) in [4.78, 5) is 25.8. The van der Waals surface area contributed by atoms with Gasteiger partial charge in [0.05, 0.1) is 26.9 Å². The van der Waals surface area contributed by atoms with Crippen molar-refractivity contribution in [2.75, 3.05) is 19.4 Å². The van der Waals surface area contributed by atoms with Crippen LogP contribution < -0.4 is 10.9 Å². The normalized spacial score (nSPS) is 11.7. The van der Waals surface area contributed by atoms with Crippen LogP contribution in [0.3, 0.4) is 0 Å². The van der Waals surface area contributed by atoms with E-state index in [9.17, 15) is 18.0 Å². The van der Waals surface area contributed by atoms with E-state index in [-0.39, 0.29) is 21.2 Å². The lowest BCUT2D eigenvalue weighted by Gasteiger charge is -2.13. The van der Waals surface area contributed by atoms with Gasteiger partial charge in [0.15, 0.2) is 0 Å². The number of hydrogen-bond acceptors (Lipinski definition) is 4. The molecule has 30 heavy (non-hydrogen) atoms. The van der Waals surface area contributed by atoms with Crippen molar-refractivity contribution in [2.45, 2.75) is 11.8 Å². The molecule has 1 heterocycles. The topological polar surface area (TPSA) is 93.4 Å². The lowest BCUT2D eigenvalue weighted by Crippen LogP contribution is -2.24. The molecular weight excluding hydrogens is 428 g/mol. The fourth-order valence-electron chi connectivity index (χ4n) is 2.94. The summed E-state index contributed by atoms with van der Waals surface area (Å²) < 4.78 is 28.9. The summed E-state index contributed by atoms with van der Waals surface area (Å²) in [7, 11) is 0.736. The molecule has 0 saturated carbocycles. The number of benzene rings is 2. The predicted molar refractivity (Wildman–Crippen MR) is 116 cm³/mol. The molecule has 1 N–H and O–H groups in total. The first kappa shape index (κ1) is 21.8. The van der Waals surface area contributed by atoms with Crippen molar-refractivity contribution in [3.8, 4) is 5.69 Å². The van der Waals surface area contributed by atoms with Gasteiger partial charge in [-0.15, -0.1) is 0 Å². The molecule has 0 bridgehead atoms. The van der Waals surface area contributed by atoms with Gasteiger partial charge >= 0.3 is 0 Å². The molecule has 1 amide bonds. The third-order valence-corrected chi connectivity index (χ3v) is 6.89. The third-order valence-electron chi connectivity index (χ3n) is 4.75. The summed E-state index contributed by atoms with van der Waals surface area (Å²) in [6.07, 6.45) is 0. The smallest absolute Gasteiger partial charge is 0.295 e. The number of amides is 1. The van der Waals surface area contributed by atoms with Gasteiger partial charge in [0.1, 0.15) is 5.69 Å². The highest BCUT2D eigenvalue weighted by Crippen LogP contribution is 2.23. The zero-order chi connectivity index (χ0) is 22.2. The Balaban J connectivity index is 2.03. The van der Waals surface area contributed by atoms with Gasteiger partial charge in [-0.05, 0) is 37.3 Å². The average molecular weight is 449 g/mol. The Morgan fingerprint density at radius 1 is 1.10 bits per heavy atom. The van der Waals surface area contributed by atoms with Crippen molar-refractivity contribution in [1.82, 2.24) is 13.7 Å². The lowest BCUT2D eigenvalue weighted by molar-refractivity contribution is 0.102. The van der Waals surface area contributed by atoms with E-state index in [0.717, 1.165) is 4.31 Å². The molecule has 2 aromatic carbocycles. The number of sulfonamides is 1. The van der Waals surface area contributed by atoms with Crippen LogP contribution in [0.1, 0.15) is 16.1 Å². The highest BCUT2D eigenvalue weighted by atomic mass is 35.5. The number of carbonyl (C=O) groups excluding carboxylic acids is 1. The molecular formula is C20H21ClN4O4S. The van der Waals surface area contributed by atoms with Crippen LogP contribution in [0.15, 0.2) is 58.2 Å². The molecule has 158 valence electrons. The second-order valence-electron chi connectivity index (χ2n) is 6.82. The zero-order valence-electron chi connectivity index (χ0n) is 16.9. The molecule has 0 spiro atoms. The van der Waals surface area contributed by atoms with Crippen LogP contribution in [-0.2, 0) is 17.1 Å². The van der Waals surface area contributed by atoms with Gasteiger partial charge in [-0.2, -0.15) is 0 Å². The summed E-state index contributed by atoms with van der Waals surface area (Å²) >= 11 is 6.14. The maximum absolute atomic E-state index is 13.0. The highest BCUT2D eigenvalue weighted by molar-refractivity contribution is 7.89. The quantitative estimate of drug-likeness (QED) is 0.649. The fraction of sp³-hybridized carbons (Fsp3) is 0.200. The van der Waals surface area contributed by atoms with Crippen molar-refractivity contribution >= 4 is 33.2 Å². The number of halogens is 1. The first-order valence-corrected chi connectivity index (χ1v) is 10.7. The van der Waals surface area contributed by atoms with Crippen LogP contribution in [0.5, 0.6) is 0 Å². The Bertz CT molecular complexity index is 1280. The molecule has 0 aliphatic heterocycles. The molecule has 0 atom stereocenters. The number of nitrogens with one attached hydrogen (secondary N) is 1. The van der Waals surface area contributed by atoms with Crippen molar-refractivity contribution in [2.24, 2.45) is 7.05 Å². The first-order chi connectivity index (χ1) is 14.1. The van der Waals surface area contributed by atoms with Crippen LogP contribution in [0, 0.1) is 6.92 Å². The molecule has 0 radical (unpaired) electrons. The predicted octanol–water partition coefficient (Wildman–Crippen LogP) is 2.64. The number of nitrogens with zero attached hydrogens (tertiary/aromatic N) is 3. The van der Waals surface area contributed by atoms with Crippen LogP contribution in [0.2, 0.25) is 5.02 Å². The van der Waals surface area contributed by atoms with E-state index in [0.29, 0.717) is 11.4 Å². The standard InChI is InChI=1S/C20H21ClN4O4S/c1-13-18(20(27)25(24(13)4)14-8-6-5-7-9-14)22-19(26)16-12-15(10-11-17(16)21)30(28,29)23(2)3/h5-12H,1-4H3,(H,22,26). The van der Waals surface area contributed by atoms with Crippen molar-refractivity contribution in [3.05, 3.63) is 75.2 Å². The van der Waals surface area contributed by atoms with Crippen LogP contribution in [0.4, 0.5) is 5.69 Å². The summed E-state index contributed by atoms with van der Waals surface area (Å²) in [6, 6.07) is 12.9. The summed E-state index contributed by atoms with van der Waals surface area (Å²) in [5.41, 5.74) is 0.802. The molecule has 3 rings (SSSR count). The number of aromatic nitrogens is 2. The Morgan fingerprint density at radius 3 is 2.33 bits per heavy atom. The highest BCUT2D eigenvalue weighted by Gasteiger charge is 2.23. The van der Waals surface area contributed by atoms with E-state index < -0.39 is 21.5 Å². The molecule has 0 aliphatic carbocycles. The van der Waals surface area contributed by atoms with Gasteiger partial charge in [0, 0.05) is 21.1 Å². The van der Waals surface area contributed by atoms with E-state index >= 15 is 0 Å². The number of anilines is 1. The monoisotopic (exact) mass is 448 g/mol. The number of para-hydroxylation sites is 1. The SMILES string of the molecule is Cc1c(NC(=O)c2cc(S(=O)(=O)N(C)C)ccc2Cl)c(=O)n(-c2ccccc2)n1C. The minimum Gasteiger partial charge on any atom is -0.316 e. The number of hydrogen-bond donors (Lipinski definition) is 1. The van der Waals surface area contributed by atoms with Crippen LogP contribution >= 0.6 is 11.6 Å². The zero-order valence-corrected chi connectivity index (χ0v) is 18.5. The number of rotatable bonds is 5. The minimum absolute atomic E-state index is 0.0477. The Labute approximate surface area is 179 Å². The minimum atomic E-state index is -3.75. The molecule has 10 heteroatoms. The summed E-state index contributed by atoms with van der Waals surface area (Å²) in [5.74, 6) is -0.679. The van der Waals surface area contributed by atoms with E-state index in [2.05, 4.69) is 5.32 Å². The van der Waals surface area contributed by atoms with Crippen molar-refractivity contribution in [1.29, 1.82) is 0 Å². The molecule has 1 aromatic heterocycles. The summed E-state index contributed by atoms with van der Waals surface area (Å²) in [6.45, 7) is 1.70. The van der Waals surface area contributed by atoms with Gasteiger partial charge in [-0.3, -0.25) is 14.3 Å². The maximum atomic E-state index is 13.0. The third kappa shape index (κ3) is 3.79. The van der Waals surface area contributed by atoms with Gasteiger partial charge < -0.3 is 5.32 Å². The molecule has 0 unspecified atom stereocenters. The molecule has 0 fully saturated rings. The van der Waals surface area contributed by atoms with Crippen LogP contribution in [-0.4, -0.2) is 42.1 Å². The second kappa shape index (κ2) is 8.10. The molecule has 8 nitrogen and oxygen atoms in total. The number of carbonyl (C=O) groups is 1. The molecule has 0 saturated heterocycles.